The molecule has 0 bridgehead atoms. The molecule has 1 aromatic carbocycles. The first kappa shape index (κ1) is 16.4. The van der Waals surface area contributed by atoms with Crippen LogP contribution >= 0.6 is 35.0 Å². The third-order valence-corrected chi connectivity index (χ3v) is 5.87. The van der Waals surface area contributed by atoms with Crippen LogP contribution in [0.1, 0.15) is 5.56 Å². The van der Waals surface area contributed by atoms with Gasteiger partial charge in [0.1, 0.15) is 12.2 Å². The number of rotatable bonds is 3. The number of thioether (sulfide) groups is 1. The minimum absolute atomic E-state index is 0.204. The van der Waals surface area contributed by atoms with Gasteiger partial charge in [-0.15, -0.1) is 0 Å². The van der Waals surface area contributed by atoms with E-state index in [0.717, 1.165) is 10.7 Å². The van der Waals surface area contributed by atoms with Gasteiger partial charge in [-0.3, -0.25) is 4.99 Å². The third kappa shape index (κ3) is 2.84. The zero-order chi connectivity index (χ0) is 15.9. The van der Waals surface area contributed by atoms with Gasteiger partial charge in [0.2, 0.25) is 0 Å². The van der Waals surface area contributed by atoms with E-state index < -0.39 is 18.2 Å². The molecular weight excluding hydrogens is 347 g/mol. The molecule has 2 aliphatic heterocycles. The van der Waals surface area contributed by atoms with Crippen molar-refractivity contribution in [2.24, 2.45) is 4.99 Å². The molecule has 0 radical (unpaired) electrons. The predicted octanol–water partition coefficient (Wildman–Crippen LogP) is 1.36. The molecule has 1 aromatic rings. The molecule has 5 nitrogen and oxygen atoms in total. The van der Waals surface area contributed by atoms with Crippen molar-refractivity contribution in [1.29, 1.82) is 0 Å². The second kappa shape index (κ2) is 6.55. The normalized spacial score (nSPS) is 32.8. The fourth-order valence-electron chi connectivity index (χ4n) is 2.85. The quantitative estimate of drug-likeness (QED) is 0.756. The van der Waals surface area contributed by atoms with Gasteiger partial charge in [0.25, 0.3) is 0 Å². The first-order chi connectivity index (χ1) is 10.5. The number of aliphatic imine (C=N–C) groups is 1. The molecule has 0 saturated carbocycles. The Morgan fingerprint density at radius 2 is 2.00 bits per heavy atom. The van der Waals surface area contributed by atoms with E-state index in [2.05, 4.69) is 4.99 Å². The maximum absolute atomic E-state index is 10.0. The van der Waals surface area contributed by atoms with Gasteiger partial charge in [0.15, 0.2) is 5.17 Å². The average molecular weight is 363 g/mol. The van der Waals surface area contributed by atoms with Crippen molar-refractivity contribution < 1.29 is 15.3 Å². The molecule has 0 unspecified atom stereocenters. The van der Waals surface area contributed by atoms with Crippen molar-refractivity contribution >= 4 is 40.1 Å². The van der Waals surface area contributed by atoms with Crippen molar-refractivity contribution in [2.75, 3.05) is 12.4 Å². The molecule has 2 saturated heterocycles. The summed E-state index contributed by atoms with van der Waals surface area (Å²) >= 11 is 13.4. The first-order valence-corrected chi connectivity index (χ1v) is 8.63. The van der Waals surface area contributed by atoms with Crippen LogP contribution in [0.4, 0.5) is 0 Å². The van der Waals surface area contributed by atoms with Gasteiger partial charge < -0.3 is 20.2 Å². The van der Waals surface area contributed by atoms with Gasteiger partial charge in [-0.2, -0.15) is 0 Å². The number of nitrogens with zero attached hydrogens (tertiary/aromatic N) is 2. The van der Waals surface area contributed by atoms with Crippen LogP contribution in [0.15, 0.2) is 23.2 Å². The summed E-state index contributed by atoms with van der Waals surface area (Å²) in [4.78, 5) is 6.38. The SMILES string of the molecule is OC[C@H]1[C@H](O)[C@@H](O)[C@@H]2CSC(=NCc3ccc(Cl)c(Cl)c3)N12. The van der Waals surface area contributed by atoms with Crippen molar-refractivity contribution in [2.45, 2.75) is 30.8 Å². The molecule has 120 valence electrons. The van der Waals surface area contributed by atoms with Crippen LogP contribution in [0.3, 0.4) is 0 Å². The van der Waals surface area contributed by atoms with Crippen molar-refractivity contribution in [1.82, 2.24) is 4.90 Å². The van der Waals surface area contributed by atoms with E-state index in [0.29, 0.717) is 22.3 Å². The number of benzene rings is 1. The zero-order valence-electron chi connectivity index (χ0n) is 11.6. The molecule has 0 amide bonds. The fourth-order valence-corrected chi connectivity index (χ4v) is 4.42. The van der Waals surface area contributed by atoms with Crippen molar-refractivity contribution in [3.63, 3.8) is 0 Å². The molecule has 8 heteroatoms. The third-order valence-electron chi connectivity index (χ3n) is 4.02. The van der Waals surface area contributed by atoms with E-state index in [1.807, 2.05) is 11.0 Å². The average Bonchev–Trinajstić information content (AvgIpc) is 3.01. The molecule has 3 N–H and O–H groups in total. The Morgan fingerprint density at radius 1 is 1.23 bits per heavy atom. The monoisotopic (exact) mass is 362 g/mol. The lowest BCUT2D eigenvalue weighted by Crippen LogP contribution is -2.41. The topological polar surface area (TPSA) is 76.3 Å². The number of aliphatic hydroxyl groups excluding tert-OH is 3. The Kier molecular flexibility index (Phi) is 4.87. The number of aliphatic hydroxyl groups is 3. The summed E-state index contributed by atoms with van der Waals surface area (Å²) in [6.45, 7) is 0.202. The summed E-state index contributed by atoms with van der Waals surface area (Å²) < 4.78 is 0. The molecule has 3 rings (SSSR count). The van der Waals surface area contributed by atoms with E-state index in [4.69, 9.17) is 23.2 Å². The van der Waals surface area contributed by atoms with E-state index in [9.17, 15) is 15.3 Å². The lowest BCUT2D eigenvalue weighted by molar-refractivity contribution is 0.0206. The summed E-state index contributed by atoms with van der Waals surface area (Å²) in [7, 11) is 0. The molecule has 2 fully saturated rings. The number of halogens is 2. The zero-order valence-corrected chi connectivity index (χ0v) is 13.9. The largest absolute Gasteiger partial charge is 0.394 e. The minimum atomic E-state index is -0.953. The van der Waals surface area contributed by atoms with Gasteiger partial charge in [0, 0.05) is 5.75 Å². The first-order valence-electron chi connectivity index (χ1n) is 6.89. The van der Waals surface area contributed by atoms with E-state index >= 15 is 0 Å². The van der Waals surface area contributed by atoms with E-state index in [1.165, 1.54) is 11.8 Å². The Bertz CT molecular complexity index is 599. The smallest absolute Gasteiger partial charge is 0.160 e. The van der Waals surface area contributed by atoms with Crippen LogP contribution in [0, 0.1) is 0 Å². The number of hydrogen-bond acceptors (Lipinski definition) is 5. The van der Waals surface area contributed by atoms with Crippen LogP contribution in [0.2, 0.25) is 10.0 Å². The molecule has 0 aromatic heterocycles. The lowest BCUT2D eigenvalue weighted by Gasteiger charge is -2.24. The highest BCUT2D eigenvalue weighted by Gasteiger charge is 2.51. The predicted molar refractivity (Wildman–Crippen MR) is 88.6 cm³/mol. The lowest BCUT2D eigenvalue weighted by atomic mass is 10.1. The number of hydrogen-bond donors (Lipinski definition) is 3. The Morgan fingerprint density at radius 3 is 2.68 bits per heavy atom. The summed E-state index contributed by atoms with van der Waals surface area (Å²) in [5.41, 5.74) is 0.923. The highest BCUT2D eigenvalue weighted by Crippen LogP contribution is 2.36. The van der Waals surface area contributed by atoms with Crippen LogP contribution in [-0.2, 0) is 6.54 Å². The number of fused-ring (bicyclic) bond motifs is 1. The van der Waals surface area contributed by atoms with Gasteiger partial charge in [-0.1, -0.05) is 41.0 Å². The highest BCUT2D eigenvalue weighted by atomic mass is 35.5. The van der Waals surface area contributed by atoms with Crippen molar-refractivity contribution in [3.05, 3.63) is 33.8 Å². The second-order valence-electron chi connectivity index (χ2n) is 5.36. The highest BCUT2D eigenvalue weighted by molar-refractivity contribution is 8.14. The molecular formula is C14H16Cl2N2O3S. The van der Waals surface area contributed by atoms with Gasteiger partial charge in [-0.25, -0.2) is 0 Å². The molecule has 4 atom stereocenters. The van der Waals surface area contributed by atoms with E-state index in [1.54, 1.807) is 12.1 Å². The minimum Gasteiger partial charge on any atom is -0.394 e. The maximum Gasteiger partial charge on any atom is 0.160 e. The summed E-state index contributed by atoms with van der Waals surface area (Å²) in [5, 5.41) is 31.2. The second-order valence-corrected chi connectivity index (χ2v) is 7.17. The van der Waals surface area contributed by atoms with Gasteiger partial charge >= 0.3 is 0 Å². The fraction of sp³-hybridized carbons (Fsp3) is 0.500. The number of amidine groups is 1. The summed E-state index contributed by atoms with van der Waals surface area (Å²) in [6.07, 6.45) is -1.81. The Hall–Kier alpha value is -0.500. The van der Waals surface area contributed by atoms with Crippen LogP contribution in [0.25, 0.3) is 0 Å². The van der Waals surface area contributed by atoms with Crippen LogP contribution in [0.5, 0.6) is 0 Å². The Labute approximate surface area is 142 Å². The molecule has 2 aliphatic rings. The standard InChI is InChI=1S/C14H16Cl2N2O3S/c15-8-2-1-7(3-9(8)16)4-17-14-18-10(5-19)12(20)13(21)11(18)6-22-14/h1-3,10-13,19-21H,4-6H2/t10-,11-,12-,13-/m0/s1. The summed E-state index contributed by atoms with van der Waals surface area (Å²) in [6, 6.07) is 4.63. The molecule has 0 spiro atoms. The van der Waals surface area contributed by atoms with Gasteiger partial charge in [0.05, 0.1) is 35.3 Å². The van der Waals surface area contributed by atoms with Crippen LogP contribution in [-0.4, -0.2) is 62.0 Å². The van der Waals surface area contributed by atoms with Crippen molar-refractivity contribution in [3.8, 4) is 0 Å². The molecule has 22 heavy (non-hydrogen) atoms. The molecule has 2 heterocycles. The van der Waals surface area contributed by atoms with E-state index in [-0.39, 0.29) is 12.6 Å². The van der Waals surface area contributed by atoms with Gasteiger partial charge in [-0.05, 0) is 17.7 Å². The summed E-state index contributed by atoms with van der Waals surface area (Å²) in [5.74, 6) is 0.648. The van der Waals surface area contributed by atoms with Crippen LogP contribution < -0.4 is 0 Å². The maximum atomic E-state index is 10.0. The molecule has 0 aliphatic carbocycles. The Balaban J connectivity index is 1.78.